The highest BCUT2D eigenvalue weighted by Crippen LogP contribution is 2.06. The minimum atomic E-state index is -0.916. The summed E-state index contributed by atoms with van der Waals surface area (Å²) in [6.45, 7) is 1.42. The normalized spacial score (nSPS) is 10.3. The molecule has 0 radical (unpaired) electrons. The van der Waals surface area contributed by atoms with Crippen molar-refractivity contribution in [2.75, 3.05) is 0 Å². The van der Waals surface area contributed by atoms with E-state index in [1.54, 1.807) is 0 Å². The molecule has 1 unspecified atom stereocenters. The molecule has 0 aromatic rings. The molecule has 0 spiro atoms. The number of thiol groups is 1. The first-order chi connectivity index (χ1) is 5.93. The first kappa shape index (κ1) is 14.4. The molecule has 0 bridgehead atoms. The Morgan fingerprint density at radius 3 is 2.00 bits per heavy atom. The topological polar surface area (TPSA) is 88.5 Å². The molecule has 1 atom stereocenters. The average molecular weight is 206 g/mol. The van der Waals surface area contributed by atoms with Crippen LogP contribution in [-0.4, -0.2) is 28.3 Å². The molecule has 0 saturated heterocycles. The Hall–Kier alpha value is -1.13. The summed E-state index contributed by atoms with van der Waals surface area (Å²) < 4.78 is 0. The monoisotopic (exact) mass is 206 g/mol. The quantitative estimate of drug-likeness (QED) is 0.639. The van der Waals surface area contributed by atoms with Crippen LogP contribution >= 0.6 is 12.6 Å². The van der Waals surface area contributed by atoms with Crippen LogP contribution in [0.25, 0.3) is 0 Å². The van der Waals surface area contributed by atoms with E-state index < -0.39 is 5.97 Å². The van der Waals surface area contributed by atoms with Gasteiger partial charge in [0.1, 0.15) is 5.78 Å². The maximum atomic E-state index is 10.4. The number of carbonyl (C=O) groups is 2. The van der Waals surface area contributed by atoms with Gasteiger partial charge in [0.25, 0.3) is 0 Å². The van der Waals surface area contributed by atoms with Gasteiger partial charge in [-0.3, -0.25) is 9.59 Å². The van der Waals surface area contributed by atoms with E-state index in [1.807, 2.05) is 0 Å². The standard InChI is InChI=1S/C6H10O3S.CO2/c1-4(7)2-5(10)3-6(8)9;2-1-3/h5,10H,2-3H2,1H3,(H,8,9);. The van der Waals surface area contributed by atoms with Gasteiger partial charge in [-0.1, -0.05) is 0 Å². The molecule has 0 amide bonds. The van der Waals surface area contributed by atoms with Crippen LogP contribution in [0.2, 0.25) is 0 Å². The van der Waals surface area contributed by atoms with Crippen LogP contribution in [0.15, 0.2) is 0 Å². The van der Waals surface area contributed by atoms with Crippen LogP contribution in [-0.2, 0) is 19.2 Å². The Balaban J connectivity index is 0. The van der Waals surface area contributed by atoms with Crippen molar-refractivity contribution in [3.8, 4) is 0 Å². The third-order valence-electron chi connectivity index (χ3n) is 0.933. The fraction of sp³-hybridized carbons (Fsp3) is 0.571. The summed E-state index contributed by atoms with van der Waals surface area (Å²) in [7, 11) is 0. The highest BCUT2D eigenvalue weighted by molar-refractivity contribution is 7.81. The van der Waals surface area contributed by atoms with E-state index in [4.69, 9.17) is 14.7 Å². The number of hydrogen-bond acceptors (Lipinski definition) is 5. The largest absolute Gasteiger partial charge is 0.481 e. The van der Waals surface area contributed by atoms with E-state index in [9.17, 15) is 9.59 Å². The molecule has 0 aromatic heterocycles. The van der Waals surface area contributed by atoms with Crippen molar-refractivity contribution in [3.63, 3.8) is 0 Å². The zero-order valence-corrected chi connectivity index (χ0v) is 7.91. The minimum Gasteiger partial charge on any atom is -0.481 e. The lowest BCUT2D eigenvalue weighted by Crippen LogP contribution is -2.10. The van der Waals surface area contributed by atoms with Crippen LogP contribution in [0.5, 0.6) is 0 Å². The molecule has 0 aliphatic rings. The first-order valence-electron chi connectivity index (χ1n) is 3.32. The summed E-state index contributed by atoms with van der Waals surface area (Å²) >= 11 is 3.91. The number of rotatable bonds is 4. The Morgan fingerprint density at radius 2 is 1.77 bits per heavy atom. The van der Waals surface area contributed by atoms with Gasteiger partial charge in [-0.05, 0) is 6.92 Å². The summed E-state index contributed by atoms with van der Waals surface area (Å²) in [5.41, 5.74) is 0. The second kappa shape index (κ2) is 8.96. The van der Waals surface area contributed by atoms with E-state index in [0.717, 1.165) is 0 Å². The summed E-state index contributed by atoms with van der Waals surface area (Å²) in [6.07, 6.45) is 0.429. The van der Waals surface area contributed by atoms with Crippen molar-refractivity contribution in [2.45, 2.75) is 25.0 Å². The molecule has 6 heteroatoms. The van der Waals surface area contributed by atoms with Crippen molar-refractivity contribution in [1.29, 1.82) is 0 Å². The second-order valence-corrected chi connectivity index (χ2v) is 2.97. The lowest BCUT2D eigenvalue weighted by atomic mass is 10.2. The molecule has 0 rings (SSSR count). The van der Waals surface area contributed by atoms with Gasteiger partial charge in [-0.15, -0.1) is 0 Å². The summed E-state index contributed by atoms with van der Waals surface area (Å²) in [6, 6.07) is 0. The maximum Gasteiger partial charge on any atom is 0.373 e. The molecule has 0 heterocycles. The first-order valence-corrected chi connectivity index (χ1v) is 3.84. The Labute approximate surface area is 80.5 Å². The van der Waals surface area contributed by atoms with Gasteiger partial charge in [0.15, 0.2) is 0 Å². The lowest BCUT2D eigenvalue weighted by Gasteiger charge is -2.02. The molecule has 13 heavy (non-hydrogen) atoms. The Kier molecular flexibility index (Phi) is 9.93. The third kappa shape index (κ3) is 18.1. The highest BCUT2D eigenvalue weighted by Gasteiger charge is 2.09. The van der Waals surface area contributed by atoms with E-state index >= 15 is 0 Å². The van der Waals surface area contributed by atoms with Crippen LogP contribution < -0.4 is 0 Å². The number of carbonyl (C=O) groups excluding carboxylic acids is 3. The molecule has 0 aliphatic heterocycles. The van der Waals surface area contributed by atoms with Crippen LogP contribution in [0.3, 0.4) is 0 Å². The number of hydrogen-bond donors (Lipinski definition) is 2. The van der Waals surface area contributed by atoms with Gasteiger partial charge in [0.2, 0.25) is 0 Å². The van der Waals surface area contributed by atoms with E-state index in [-0.39, 0.29) is 30.0 Å². The molecule has 0 aliphatic carbocycles. The lowest BCUT2D eigenvalue weighted by molar-refractivity contribution is -0.191. The third-order valence-corrected chi connectivity index (χ3v) is 1.30. The fourth-order valence-corrected chi connectivity index (χ4v) is 1.02. The van der Waals surface area contributed by atoms with Gasteiger partial charge >= 0.3 is 12.1 Å². The predicted molar refractivity (Wildman–Crippen MR) is 45.3 cm³/mol. The van der Waals surface area contributed by atoms with Crippen molar-refractivity contribution in [2.24, 2.45) is 0 Å². The molecule has 5 nitrogen and oxygen atoms in total. The Morgan fingerprint density at radius 1 is 1.38 bits per heavy atom. The average Bonchev–Trinajstić information content (AvgIpc) is 1.83. The molecule has 0 saturated carbocycles. The van der Waals surface area contributed by atoms with Gasteiger partial charge in [-0.2, -0.15) is 22.2 Å². The second-order valence-electron chi connectivity index (χ2n) is 2.24. The van der Waals surface area contributed by atoms with Crippen LogP contribution in [0, 0.1) is 0 Å². The van der Waals surface area contributed by atoms with Gasteiger partial charge in [0, 0.05) is 11.7 Å². The number of carboxylic acids is 1. The van der Waals surface area contributed by atoms with Crippen molar-refractivity contribution < 1.29 is 24.3 Å². The zero-order chi connectivity index (χ0) is 10.9. The molecular weight excluding hydrogens is 196 g/mol. The fourth-order valence-electron chi connectivity index (χ4n) is 0.606. The Bertz CT molecular complexity index is 191. The number of Topliss-reactive ketones (excluding diaryl/α,β-unsaturated/α-hetero) is 1. The zero-order valence-electron chi connectivity index (χ0n) is 7.02. The number of aliphatic carboxylic acids is 1. The smallest absolute Gasteiger partial charge is 0.373 e. The van der Waals surface area contributed by atoms with Crippen molar-refractivity contribution in [1.82, 2.24) is 0 Å². The van der Waals surface area contributed by atoms with Gasteiger partial charge in [-0.25, -0.2) is 0 Å². The van der Waals surface area contributed by atoms with Crippen molar-refractivity contribution >= 4 is 30.5 Å². The van der Waals surface area contributed by atoms with Gasteiger partial charge in [0.05, 0.1) is 6.42 Å². The molecule has 74 valence electrons. The molecule has 0 aromatic carbocycles. The maximum absolute atomic E-state index is 10.4. The number of carboxylic acid groups (broad SMARTS) is 1. The van der Waals surface area contributed by atoms with Crippen LogP contribution in [0.1, 0.15) is 19.8 Å². The molecular formula is C7H10O5S. The summed E-state index contributed by atoms with van der Waals surface area (Å²) in [5.74, 6) is -0.942. The minimum absolute atomic E-state index is 0.0266. The van der Waals surface area contributed by atoms with Gasteiger partial charge < -0.3 is 5.11 Å². The number of ketones is 1. The molecule has 0 fully saturated rings. The van der Waals surface area contributed by atoms with Crippen LogP contribution in [0.4, 0.5) is 0 Å². The summed E-state index contributed by atoms with van der Waals surface area (Å²) in [4.78, 5) is 36.7. The van der Waals surface area contributed by atoms with E-state index in [2.05, 4.69) is 12.6 Å². The highest BCUT2D eigenvalue weighted by atomic mass is 32.1. The van der Waals surface area contributed by atoms with E-state index in [0.29, 0.717) is 0 Å². The SMILES string of the molecule is CC(=O)CC(S)CC(=O)O.O=C=O. The van der Waals surface area contributed by atoms with Crippen molar-refractivity contribution in [3.05, 3.63) is 0 Å². The predicted octanol–water partition coefficient (Wildman–Crippen LogP) is 0.155. The molecule has 1 N–H and O–H groups in total. The van der Waals surface area contributed by atoms with E-state index in [1.165, 1.54) is 6.92 Å². The summed E-state index contributed by atoms with van der Waals surface area (Å²) in [5, 5.41) is 7.90.